The molecule has 0 amide bonds. The van der Waals surface area contributed by atoms with Gasteiger partial charge in [-0.1, -0.05) is 15.9 Å². The highest BCUT2D eigenvalue weighted by atomic mass is 79.9. The number of carbonyl (C=O) groups is 1. The molecule has 1 unspecified atom stereocenters. The van der Waals surface area contributed by atoms with Crippen molar-refractivity contribution in [1.29, 1.82) is 0 Å². The Kier molecular flexibility index (Phi) is 3.29. The van der Waals surface area contributed by atoms with Crippen LogP contribution in [0.3, 0.4) is 0 Å². The molecule has 0 saturated heterocycles. The van der Waals surface area contributed by atoms with Gasteiger partial charge in [0.25, 0.3) is 0 Å². The maximum Gasteiger partial charge on any atom is 0.417 e. The predicted molar refractivity (Wildman–Crippen MR) is 59.3 cm³/mol. The predicted octanol–water partition coefficient (Wildman–Crippen LogP) is 2.81. The number of rotatable bonds is 1. The Morgan fingerprint density at radius 3 is 2.37 bits per heavy atom. The van der Waals surface area contributed by atoms with Gasteiger partial charge in [0.2, 0.25) is 5.85 Å². The average Bonchev–Trinajstić information content (AvgIpc) is 2.53. The summed E-state index contributed by atoms with van der Waals surface area (Å²) in [5.41, 5.74) is -2.62. The third-order valence-corrected chi connectivity index (χ3v) is 3.89. The Balaban J connectivity index is 2.74. The first-order valence-electron chi connectivity index (χ1n) is 4.68. The summed E-state index contributed by atoms with van der Waals surface area (Å²) in [5, 5.41) is 0. The Morgan fingerprint density at radius 2 is 1.89 bits per heavy atom. The Hall–Kier alpha value is -0.890. The van der Waals surface area contributed by atoms with Gasteiger partial charge in [-0.15, -0.1) is 0 Å². The number of alkyl halides is 3. The van der Waals surface area contributed by atoms with Gasteiger partial charge in [-0.3, -0.25) is 4.57 Å². The van der Waals surface area contributed by atoms with Crippen molar-refractivity contribution in [2.24, 2.45) is 0 Å². The highest BCUT2D eigenvalue weighted by molar-refractivity contribution is 9.10. The average molecular weight is 361 g/mol. The van der Waals surface area contributed by atoms with Crippen LogP contribution >= 0.6 is 23.5 Å². The van der Waals surface area contributed by atoms with E-state index in [9.17, 15) is 22.5 Å². The molecule has 0 aliphatic carbocycles. The minimum Gasteiger partial charge on any atom is -0.441 e. The molecule has 0 saturated carbocycles. The lowest BCUT2D eigenvalue weighted by Crippen LogP contribution is -2.12. The van der Waals surface area contributed by atoms with Crippen LogP contribution in [-0.2, 0) is 15.5 Å². The molecule has 5 nitrogen and oxygen atoms in total. The normalized spacial score (nSPS) is 19.3. The monoisotopic (exact) mass is 360 g/mol. The standard InChI is InChI=1S/C9H5BrF3O5P/c10-3-1-4-6(5(2-3)9(11,12)13)7(14)18-8(4)19(15,16)17/h1-2,8H,(H2,15,16,17). The molecule has 0 spiro atoms. The number of ether oxygens (including phenoxy) is 1. The van der Waals surface area contributed by atoms with Crippen molar-refractivity contribution in [2.45, 2.75) is 12.0 Å². The number of hydrogen-bond acceptors (Lipinski definition) is 3. The topological polar surface area (TPSA) is 83.8 Å². The van der Waals surface area contributed by atoms with E-state index in [1.54, 1.807) is 0 Å². The van der Waals surface area contributed by atoms with Gasteiger partial charge in [-0.2, -0.15) is 13.2 Å². The lowest BCUT2D eigenvalue weighted by molar-refractivity contribution is -0.138. The quantitative estimate of drug-likeness (QED) is 0.594. The van der Waals surface area contributed by atoms with Gasteiger partial charge >= 0.3 is 19.7 Å². The van der Waals surface area contributed by atoms with Gasteiger partial charge in [0.05, 0.1) is 11.1 Å². The van der Waals surface area contributed by atoms with Crippen LogP contribution in [0.2, 0.25) is 0 Å². The van der Waals surface area contributed by atoms with Crippen LogP contribution in [0, 0.1) is 0 Å². The van der Waals surface area contributed by atoms with Crippen LogP contribution in [-0.4, -0.2) is 15.8 Å². The molecule has 10 heteroatoms. The van der Waals surface area contributed by atoms with Crippen molar-refractivity contribution in [1.82, 2.24) is 0 Å². The smallest absolute Gasteiger partial charge is 0.417 e. The van der Waals surface area contributed by atoms with Crippen LogP contribution in [0.5, 0.6) is 0 Å². The van der Waals surface area contributed by atoms with Gasteiger partial charge < -0.3 is 14.5 Å². The van der Waals surface area contributed by atoms with E-state index in [2.05, 4.69) is 20.7 Å². The number of hydrogen-bond donors (Lipinski definition) is 2. The van der Waals surface area contributed by atoms with E-state index in [0.29, 0.717) is 6.07 Å². The molecule has 19 heavy (non-hydrogen) atoms. The SMILES string of the molecule is O=C1OC(P(=O)(O)O)c2cc(Br)cc(C(F)(F)F)c21. The first-order valence-corrected chi connectivity index (χ1v) is 7.16. The Bertz CT molecular complexity index is 609. The fraction of sp³-hybridized carbons (Fsp3) is 0.222. The molecule has 0 bridgehead atoms. The fourth-order valence-electron chi connectivity index (χ4n) is 1.75. The van der Waals surface area contributed by atoms with Crippen LogP contribution < -0.4 is 0 Å². The fourth-order valence-corrected chi connectivity index (χ4v) is 3.02. The third kappa shape index (κ3) is 2.55. The van der Waals surface area contributed by atoms with E-state index >= 15 is 0 Å². The molecule has 104 valence electrons. The van der Waals surface area contributed by atoms with Crippen LogP contribution in [0.15, 0.2) is 16.6 Å². The molecule has 0 aromatic heterocycles. The molecule has 1 aromatic rings. The Labute approximate surface area is 112 Å². The van der Waals surface area contributed by atoms with Crippen molar-refractivity contribution in [3.05, 3.63) is 33.3 Å². The van der Waals surface area contributed by atoms with E-state index in [1.807, 2.05) is 0 Å². The molecule has 1 atom stereocenters. The number of benzene rings is 1. The minimum atomic E-state index is -4.91. The summed E-state index contributed by atoms with van der Waals surface area (Å²) in [6, 6.07) is 1.68. The number of fused-ring (bicyclic) bond motifs is 1. The highest BCUT2D eigenvalue weighted by Gasteiger charge is 2.48. The van der Waals surface area contributed by atoms with E-state index in [1.165, 1.54) is 0 Å². The molecular weight excluding hydrogens is 356 g/mol. The largest absolute Gasteiger partial charge is 0.441 e. The van der Waals surface area contributed by atoms with Crippen molar-refractivity contribution < 1.29 is 37.1 Å². The summed E-state index contributed by atoms with van der Waals surface area (Å²) in [6.07, 6.45) is -4.84. The molecule has 2 N–H and O–H groups in total. The first-order chi connectivity index (χ1) is 8.51. The van der Waals surface area contributed by atoms with Crippen LogP contribution in [0.4, 0.5) is 13.2 Å². The third-order valence-electron chi connectivity index (χ3n) is 2.43. The van der Waals surface area contributed by atoms with E-state index in [0.717, 1.165) is 6.07 Å². The van der Waals surface area contributed by atoms with Gasteiger partial charge in [0.15, 0.2) is 0 Å². The Morgan fingerprint density at radius 1 is 1.32 bits per heavy atom. The highest BCUT2D eigenvalue weighted by Crippen LogP contribution is 2.57. The number of esters is 1. The lowest BCUT2D eigenvalue weighted by atomic mass is 10.0. The van der Waals surface area contributed by atoms with Crippen molar-refractivity contribution >= 4 is 29.5 Å². The summed E-state index contributed by atoms with van der Waals surface area (Å²) in [7, 11) is -4.91. The molecule has 1 aromatic carbocycles. The van der Waals surface area contributed by atoms with E-state index in [-0.39, 0.29) is 4.47 Å². The summed E-state index contributed by atoms with van der Waals surface area (Å²) in [5.74, 6) is -3.41. The van der Waals surface area contributed by atoms with Crippen molar-refractivity contribution in [2.75, 3.05) is 0 Å². The first kappa shape index (κ1) is 14.5. The summed E-state index contributed by atoms with van der Waals surface area (Å²) >= 11 is 2.80. The summed E-state index contributed by atoms with van der Waals surface area (Å²) in [6.45, 7) is 0. The zero-order chi connectivity index (χ0) is 14.6. The van der Waals surface area contributed by atoms with Crippen LogP contribution in [0.25, 0.3) is 0 Å². The molecular formula is C9H5BrF3O5P. The maximum atomic E-state index is 12.8. The zero-order valence-corrected chi connectivity index (χ0v) is 11.3. The lowest BCUT2D eigenvalue weighted by Gasteiger charge is -2.13. The molecule has 1 aliphatic rings. The van der Waals surface area contributed by atoms with Crippen molar-refractivity contribution in [3.63, 3.8) is 0 Å². The second-order valence-electron chi connectivity index (χ2n) is 3.76. The van der Waals surface area contributed by atoms with Gasteiger partial charge in [-0.25, -0.2) is 4.79 Å². The second-order valence-corrected chi connectivity index (χ2v) is 6.32. The van der Waals surface area contributed by atoms with Gasteiger partial charge in [0.1, 0.15) is 0 Å². The molecule has 0 fully saturated rings. The maximum absolute atomic E-state index is 12.8. The molecule has 0 radical (unpaired) electrons. The number of cyclic esters (lactones) is 1. The second kappa shape index (κ2) is 4.31. The van der Waals surface area contributed by atoms with E-state index < -0.39 is 42.3 Å². The number of halogens is 4. The van der Waals surface area contributed by atoms with Crippen LogP contribution in [0.1, 0.15) is 27.3 Å². The minimum absolute atomic E-state index is 0.0599. The number of carbonyl (C=O) groups excluding carboxylic acids is 1. The molecule has 2 rings (SSSR count). The molecule has 1 aliphatic heterocycles. The summed E-state index contributed by atoms with van der Waals surface area (Å²) < 4.78 is 53.8. The zero-order valence-electron chi connectivity index (χ0n) is 8.81. The van der Waals surface area contributed by atoms with Gasteiger partial charge in [-0.05, 0) is 12.1 Å². The summed E-state index contributed by atoms with van der Waals surface area (Å²) in [4.78, 5) is 29.4. The van der Waals surface area contributed by atoms with Crippen molar-refractivity contribution in [3.8, 4) is 0 Å². The van der Waals surface area contributed by atoms with E-state index in [4.69, 9.17) is 9.79 Å². The van der Waals surface area contributed by atoms with Gasteiger partial charge in [0, 0.05) is 10.0 Å². The molecule has 1 heterocycles.